The molecule has 7 nitrogen and oxygen atoms in total. The van der Waals surface area contributed by atoms with Crippen molar-refractivity contribution in [3.05, 3.63) is 51.2 Å². The monoisotopic (exact) mass is 421 g/mol. The molecule has 5 rings (SSSR count). The number of fused-ring (bicyclic) bond motifs is 2. The Morgan fingerprint density at radius 3 is 2.72 bits per heavy atom. The molecule has 0 aliphatic carbocycles. The number of thiophene rings is 2. The molecule has 0 radical (unpaired) electrons. The van der Waals surface area contributed by atoms with Crippen molar-refractivity contribution in [2.75, 3.05) is 5.32 Å². The van der Waals surface area contributed by atoms with Crippen LogP contribution in [-0.4, -0.2) is 29.5 Å². The minimum atomic E-state index is 0.497. The Hall–Kier alpha value is -2.91. The lowest BCUT2D eigenvalue weighted by atomic mass is 10.2. The van der Waals surface area contributed by atoms with Crippen molar-refractivity contribution in [3.8, 4) is 10.7 Å². The summed E-state index contributed by atoms with van der Waals surface area (Å²) in [4.78, 5) is 17.4. The van der Waals surface area contributed by atoms with E-state index >= 15 is 0 Å². The zero-order valence-electron chi connectivity index (χ0n) is 16.5. The van der Waals surface area contributed by atoms with E-state index in [1.165, 1.54) is 10.4 Å². The summed E-state index contributed by atoms with van der Waals surface area (Å²) in [5.74, 6) is 3.00. The van der Waals surface area contributed by atoms with Gasteiger partial charge in [0, 0.05) is 16.3 Å². The molecular weight excluding hydrogens is 402 g/mol. The Morgan fingerprint density at radius 2 is 1.93 bits per heavy atom. The third-order valence-electron chi connectivity index (χ3n) is 4.94. The van der Waals surface area contributed by atoms with E-state index in [4.69, 9.17) is 9.97 Å². The average molecular weight is 422 g/mol. The smallest absolute Gasteiger partial charge is 0.255 e. The van der Waals surface area contributed by atoms with Crippen molar-refractivity contribution in [2.45, 2.75) is 34.2 Å². The van der Waals surface area contributed by atoms with E-state index < -0.39 is 0 Å². The molecule has 9 heteroatoms. The summed E-state index contributed by atoms with van der Waals surface area (Å²) >= 11 is 3.35. The second kappa shape index (κ2) is 6.85. The normalized spacial score (nSPS) is 11.6. The number of nitrogens with zero attached hydrogens (tertiary/aromatic N) is 6. The Bertz CT molecular complexity index is 1350. The van der Waals surface area contributed by atoms with Gasteiger partial charge >= 0.3 is 0 Å². The van der Waals surface area contributed by atoms with Gasteiger partial charge in [0.25, 0.3) is 5.78 Å². The number of rotatable bonds is 4. The van der Waals surface area contributed by atoms with Crippen molar-refractivity contribution < 1.29 is 0 Å². The van der Waals surface area contributed by atoms with Gasteiger partial charge in [-0.25, -0.2) is 15.0 Å². The lowest BCUT2D eigenvalue weighted by Gasteiger charge is -2.09. The molecule has 0 spiro atoms. The van der Waals surface area contributed by atoms with E-state index in [-0.39, 0.29) is 0 Å². The number of hydrogen-bond donors (Lipinski definition) is 1. The third-order valence-corrected chi connectivity index (χ3v) is 6.91. The Labute approximate surface area is 175 Å². The van der Waals surface area contributed by atoms with Crippen LogP contribution in [0.1, 0.15) is 27.7 Å². The van der Waals surface area contributed by atoms with Gasteiger partial charge in [0.1, 0.15) is 10.6 Å². The van der Waals surface area contributed by atoms with Gasteiger partial charge < -0.3 is 5.32 Å². The van der Waals surface area contributed by atoms with Crippen molar-refractivity contribution in [3.63, 3.8) is 0 Å². The van der Waals surface area contributed by atoms with Gasteiger partial charge in [-0.15, -0.1) is 32.9 Å². The molecule has 0 atom stereocenters. The molecule has 0 fully saturated rings. The van der Waals surface area contributed by atoms with E-state index in [9.17, 15) is 0 Å². The van der Waals surface area contributed by atoms with Crippen LogP contribution < -0.4 is 5.32 Å². The first-order chi connectivity index (χ1) is 14.0. The van der Waals surface area contributed by atoms with Crippen LogP contribution in [0.3, 0.4) is 0 Å². The minimum Gasteiger partial charge on any atom is -0.362 e. The fourth-order valence-corrected chi connectivity index (χ4v) is 5.16. The maximum absolute atomic E-state index is 4.86. The van der Waals surface area contributed by atoms with Gasteiger partial charge in [0.15, 0.2) is 11.6 Å². The second-order valence-corrected chi connectivity index (χ2v) is 9.13. The summed E-state index contributed by atoms with van der Waals surface area (Å²) in [6.07, 6.45) is 0. The van der Waals surface area contributed by atoms with Gasteiger partial charge in [0.2, 0.25) is 0 Å². The van der Waals surface area contributed by atoms with E-state index in [0.717, 1.165) is 43.9 Å². The fourth-order valence-electron chi connectivity index (χ4n) is 3.47. The Morgan fingerprint density at radius 1 is 1.07 bits per heavy atom. The molecule has 146 valence electrons. The number of nitrogens with one attached hydrogen (secondary N) is 1. The molecule has 1 N–H and O–H groups in total. The number of aromatic nitrogens is 6. The summed E-state index contributed by atoms with van der Waals surface area (Å²) in [5, 5.41) is 15.2. The number of aryl methyl sites for hydroxylation is 4. The zero-order valence-corrected chi connectivity index (χ0v) is 18.1. The van der Waals surface area contributed by atoms with Gasteiger partial charge in [-0.1, -0.05) is 6.07 Å². The molecule has 0 saturated carbocycles. The average Bonchev–Trinajstić information content (AvgIpc) is 3.40. The summed E-state index contributed by atoms with van der Waals surface area (Å²) in [6.45, 7) is 8.75. The molecule has 0 aromatic carbocycles. The highest BCUT2D eigenvalue weighted by atomic mass is 32.1. The Balaban J connectivity index is 1.58. The van der Waals surface area contributed by atoms with E-state index in [1.54, 1.807) is 22.7 Å². The maximum Gasteiger partial charge on any atom is 0.255 e. The van der Waals surface area contributed by atoms with Crippen LogP contribution in [0.15, 0.2) is 23.6 Å². The van der Waals surface area contributed by atoms with Gasteiger partial charge in [-0.3, -0.25) is 4.40 Å². The molecule has 0 unspecified atom stereocenters. The summed E-state index contributed by atoms with van der Waals surface area (Å²) < 4.78 is 1.98. The first-order valence-corrected chi connectivity index (χ1v) is 10.9. The molecule has 5 aromatic heterocycles. The standard InChI is InChI=1S/C20H19N7S2/c1-10-8-11(2)27-15(25-26-20(27)22-10)9-21-18-16-12(3)13(4)29-19(16)24-17(23-18)14-6-5-7-28-14/h5-8H,9H2,1-4H3,(H,21,23,24). The van der Waals surface area contributed by atoms with Crippen LogP contribution >= 0.6 is 22.7 Å². The Kier molecular flexibility index (Phi) is 4.29. The quantitative estimate of drug-likeness (QED) is 0.453. The molecule has 0 bridgehead atoms. The van der Waals surface area contributed by atoms with Crippen LogP contribution in [0.2, 0.25) is 0 Å². The highest BCUT2D eigenvalue weighted by molar-refractivity contribution is 7.19. The summed E-state index contributed by atoms with van der Waals surface area (Å²) in [5.41, 5.74) is 3.21. The molecule has 0 amide bonds. The van der Waals surface area contributed by atoms with Crippen molar-refractivity contribution in [1.29, 1.82) is 0 Å². The van der Waals surface area contributed by atoms with E-state index in [0.29, 0.717) is 12.3 Å². The molecule has 0 aliphatic rings. The molecule has 0 aliphatic heterocycles. The van der Waals surface area contributed by atoms with Gasteiger partial charge in [-0.2, -0.15) is 0 Å². The predicted octanol–water partition coefficient (Wildman–Crippen LogP) is 4.70. The van der Waals surface area contributed by atoms with Gasteiger partial charge in [-0.05, 0) is 50.8 Å². The summed E-state index contributed by atoms with van der Waals surface area (Å²) in [7, 11) is 0. The topological polar surface area (TPSA) is 80.9 Å². The first-order valence-electron chi connectivity index (χ1n) is 9.25. The second-order valence-electron chi connectivity index (χ2n) is 6.98. The lowest BCUT2D eigenvalue weighted by Crippen LogP contribution is -2.08. The van der Waals surface area contributed by atoms with E-state index in [1.807, 2.05) is 41.8 Å². The highest BCUT2D eigenvalue weighted by Gasteiger charge is 2.17. The first kappa shape index (κ1) is 18.1. The molecule has 5 heterocycles. The van der Waals surface area contributed by atoms with Gasteiger partial charge in [0.05, 0.1) is 16.8 Å². The van der Waals surface area contributed by atoms with Crippen molar-refractivity contribution in [1.82, 2.24) is 29.5 Å². The van der Waals surface area contributed by atoms with Crippen molar-refractivity contribution in [2.24, 2.45) is 0 Å². The maximum atomic E-state index is 4.86. The number of anilines is 1. The van der Waals surface area contributed by atoms with Crippen LogP contribution in [0, 0.1) is 27.7 Å². The predicted molar refractivity (Wildman–Crippen MR) is 118 cm³/mol. The minimum absolute atomic E-state index is 0.497. The lowest BCUT2D eigenvalue weighted by molar-refractivity contribution is 0.888. The number of hydrogen-bond acceptors (Lipinski definition) is 8. The van der Waals surface area contributed by atoms with Crippen LogP contribution in [0.25, 0.3) is 26.7 Å². The van der Waals surface area contributed by atoms with Crippen molar-refractivity contribution >= 4 is 44.5 Å². The zero-order chi connectivity index (χ0) is 20.1. The van der Waals surface area contributed by atoms with Crippen LogP contribution in [-0.2, 0) is 6.54 Å². The van der Waals surface area contributed by atoms with Crippen LogP contribution in [0.4, 0.5) is 5.82 Å². The molecule has 0 saturated heterocycles. The third kappa shape index (κ3) is 3.06. The molecular formula is C20H19N7S2. The SMILES string of the molecule is Cc1cc(C)n2c(CNc3nc(-c4cccs4)nc4sc(C)c(C)c34)nnc2n1. The van der Waals surface area contributed by atoms with Crippen LogP contribution in [0.5, 0.6) is 0 Å². The summed E-state index contributed by atoms with van der Waals surface area (Å²) in [6, 6.07) is 6.10. The fraction of sp³-hybridized carbons (Fsp3) is 0.250. The molecule has 5 aromatic rings. The highest BCUT2D eigenvalue weighted by Crippen LogP contribution is 2.35. The largest absolute Gasteiger partial charge is 0.362 e. The molecule has 29 heavy (non-hydrogen) atoms. The van der Waals surface area contributed by atoms with E-state index in [2.05, 4.69) is 34.3 Å².